The maximum absolute atomic E-state index is 13.0. The van der Waals surface area contributed by atoms with Gasteiger partial charge in [0.25, 0.3) is 9.05 Å². The van der Waals surface area contributed by atoms with Crippen molar-refractivity contribution in [2.24, 2.45) is 0 Å². The minimum atomic E-state index is -3.70. The molecule has 84 valence electrons. The lowest BCUT2D eigenvalue weighted by atomic mass is 10.2. The van der Waals surface area contributed by atoms with Crippen LogP contribution in [0.5, 0.6) is 0 Å². The fourth-order valence-corrected chi connectivity index (χ4v) is 3.32. The Bertz CT molecular complexity index is 619. The largest absolute Gasteiger partial charge is 0.270 e. The van der Waals surface area contributed by atoms with Gasteiger partial charge in [-0.25, -0.2) is 12.8 Å². The molecule has 0 saturated heterocycles. The van der Waals surface area contributed by atoms with Crippen molar-refractivity contribution in [2.45, 2.75) is 4.21 Å². The Balaban J connectivity index is 2.47. The van der Waals surface area contributed by atoms with Crippen LogP contribution in [-0.2, 0) is 9.05 Å². The summed E-state index contributed by atoms with van der Waals surface area (Å²) in [6.45, 7) is 0. The van der Waals surface area contributed by atoms with E-state index in [1.165, 1.54) is 18.2 Å². The average molecular weight is 277 g/mol. The molecule has 16 heavy (non-hydrogen) atoms. The Labute approximate surface area is 101 Å². The molecule has 0 N–H and O–H groups in total. The van der Waals surface area contributed by atoms with Gasteiger partial charge in [0, 0.05) is 15.6 Å². The van der Waals surface area contributed by atoms with Gasteiger partial charge < -0.3 is 0 Å². The topological polar surface area (TPSA) is 34.1 Å². The molecule has 0 fully saturated rings. The third kappa shape index (κ3) is 2.42. The molecule has 0 radical (unpaired) electrons. The number of rotatable bonds is 2. The monoisotopic (exact) mass is 276 g/mol. The summed E-state index contributed by atoms with van der Waals surface area (Å²) in [5, 5.41) is 0. The van der Waals surface area contributed by atoms with Crippen molar-refractivity contribution in [2.75, 3.05) is 0 Å². The molecular weight excluding hydrogens is 271 g/mol. The summed E-state index contributed by atoms with van der Waals surface area (Å²) in [5.74, 6) is -0.360. The number of hydrogen-bond donors (Lipinski definition) is 0. The summed E-state index contributed by atoms with van der Waals surface area (Å²) in [6, 6.07) is 8.97. The second kappa shape index (κ2) is 4.16. The molecule has 0 atom stereocenters. The Kier molecular flexibility index (Phi) is 3.01. The summed E-state index contributed by atoms with van der Waals surface area (Å²) < 4.78 is 35.1. The molecule has 2 nitrogen and oxygen atoms in total. The predicted octanol–water partition coefficient (Wildman–Crippen LogP) is 3.48. The number of benzene rings is 1. The Morgan fingerprint density at radius 3 is 2.50 bits per heavy atom. The molecule has 6 heteroatoms. The molecule has 1 aromatic carbocycles. The number of halogens is 2. The molecule has 2 aromatic rings. The quantitative estimate of drug-likeness (QED) is 0.787. The first kappa shape index (κ1) is 11.6. The van der Waals surface area contributed by atoms with Crippen LogP contribution in [0.25, 0.3) is 10.4 Å². The highest BCUT2D eigenvalue weighted by Crippen LogP contribution is 2.32. The van der Waals surface area contributed by atoms with E-state index < -0.39 is 9.05 Å². The van der Waals surface area contributed by atoms with Crippen molar-refractivity contribution >= 4 is 31.1 Å². The van der Waals surface area contributed by atoms with E-state index in [0.717, 1.165) is 11.3 Å². The highest BCUT2D eigenvalue weighted by atomic mass is 35.7. The predicted molar refractivity (Wildman–Crippen MR) is 62.8 cm³/mol. The van der Waals surface area contributed by atoms with Gasteiger partial charge in [-0.15, -0.1) is 11.3 Å². The van der Waals surface area contributed by atoms with Gasteiger partial charge in [0.2, 0.25) is 0 Å². The summed E-state index contributed by atoms with van der Waals surface area (Å²) in [4.78, 5) is 0.665. The standard InChI is InChI=1S/C10H6ClFO2S2/c11-16(13,14)10-5-4-9(15-10)7-2-1-3-8(12)6-7/h1-6H. The summed E-state index contributed by atoms with van der Waals surface area (Å²) in [5.41, 5.74) is 0.636. The molecule has 1 heterocycles. The molecule has 0 bridgehead atoms. The van der Waals surface area contributed by atoms with E-state index in [-0.39, 0.29) is 10.0 Å². The highest BCUT2D eigenvalue weighted by molar-refractivity contribution is 8.15. The number of hydrogen-bond acceptors (Lipinski definition) is 3. The summed E-state index contributed by atoms with van der Waals surface area (Å²) >= 11 is 1.02. The van der Waals surface area contributed by atoms with Crippen molar-refractivity contribution in [3.63, 3.8) is 0 Å². The van der Waals surface area contributed by atoms with Crippen molar-refractivity contribution in [3.8, 4) is 10.4 Å². The van der Waals surface area contributed by atoms with E-state index in [0.29, 0.717) is 10.4 Å². The van der Waals surface area contributed by atoms with Gasteiger partial charge in [-0.2, -0.15) is 0 Å². The van der Waals surface area contributed by atoms with Crippen LogP contribution >= 0.6 is 22.0 Å². The molecule has 0 aliphatic carbocycles. The van der Waals surface area contributed by atoms with Crippen LogP contribution < -0.4 is 0 Å². The fraction of sp³-hybridized carbons (Fsp3) is 0. The van der Waals surface area contributed by atoms with E-state index in [4.69, 9.17) is 10.7 Å². The smallest absolute Gasteiger partial charge is 0.207 e. The Morgan fingerprint density at radius 2 is 1.94 bits per heavy atom. The first-order valence-corrected chi connectivity index (χ1v) is 7.40. The van der Waals surface area contributed by atoms with E-state index in [9.17, 15) is 12.8 Å². The van der Waals surface area contributed by atoms with Crippen molar-refractivity contribution in [3.05, 3.63) is 42.2 Å². The zero-order valence-electron chi connectivity index (χ0n) is 7.85. The molecule has 0 saturated carbocycles. The maximum atomic E-state index is 13.0. The highest BCUT2D eigenvalue weighted by Gasteiger charge is 2.13. The Hall–Kier alpha value is -0.910. The third-order valence-electron chi connectivity index (χ3n) is 1.93. The average Bonchev–Trinajstić information content (AvgIpc) is 2.65. The molecule has 0 amide bonds. The van der Waals surface area contributed by atoms with E-state index >= 15 is 0 Å². The SMILES string of the molecule is O=S(=O)(Cl)c1ccc(-c2cccc(F)c2)s1. The van der Waals surface area contributed by atoms with Crippen molar-refractivity contribution in [1.29, 1.82) is 0 Å². The third-order valence-corrected chi connectivity index (χ3v) is 5.16. The van der Waals surface area contributed by atoms with E-state index in [1.54, 1.807) is 18.2 Å². The first-order chi connectivity index (χ1) is 7.47. The molecular formula is C10H6ClFO2S2. The van der Waals surface area contributed by atoms with Crippen molar-refractivity contribution in [1.82, 2.24) is 0 Å². The van der Waals surface area contributed by atoms with Crippen LogP contribution in [0, 0.1) is 5.82 Å². The fourth-order valence-electron chi connectivity index (χ4n) is 1.25. The van der Waals surface area contributed by atoms with E-state index in [2.05, 4.69) is 0 Å². The molecule has 2 rings (SSSR count). The van der Waals surface area contributed by atoms with Crippen LogP contribution in [0.3, 0.4) is 0 Å². The van der Waals surface area contributed by atoms with Crippen LogP contribution in [0.15, 0.2) is 40.6 Å². The molecule has 1 aromatic heterocycles. The van der Waals surface area contributed by atoms with Crippen LogP contribution in [0.4, 0.5) is 4.39 Å². The van der Waals surface area contributed by atoms with Gasteiger partial charge in [0.15, 0.2) is 0 Å². The van der Waals surface area contributed by atoms with Crippen molar-refractivity contribution < 1.29 is 12.8 Å². The second-order valence-corrected chi connectivity index (χ2v) is 6.94. The zero-order valence-corrected chi connectivity index (χ0v) is 10.2. The summed E-state index contributed by atoms with van der Waals surface area (Å²) in [6.07, 6.45) is 0. The van der Waals surface area contributed by atoms with Crippen LogP contribution in [0.1, 0.15) is 0 Å². The second-order valence-electron chi connectivity index (χ2n) is 3.07. The normalized spacial score (nSPS) is 11.6. The number of thiophene rings is 1. The molecule has 0 spiro atoms. The summed E-state index contributed by atoms with van der Waals surface area (Å²) in [7, 11) is 1.50. The van der Waals surface area contributed by atoms with Gasteiger partial charge in [-0.3, -0.25) is 0 Å². The molecule has 0 aliphatic rings. The maximum Gasteiger partial charge on any atom is 0.270 e. The van der Waals surface area contributed by atoms with Gasteiger partial charge >= 0.3 is 0 Å². The van der Waals surface area contributed by atoms with E-state index in [1.807, 2.05) is 0 Å². The Morgan fingerprint density at radius 1 is 1.19 bits per heavy atom. The minimum Gasteiger partial charge on any atom is -0.207 e. The van der Waals surface area contributed by atoms with Gasteiger partial charge in [-0.1, -0.05) is 12.1 Å². The lowest BCUT2D eigenvalue weighted by Crippen LogP contribution is -1.83. The molecule has 0 aliphatic heterocycles. The minimum absolute atomic E-state index is 0.0634. The van der Waals surface area contributed by atoms with Gasteiger partial charge in [0.1, 0.15) is 10.0 Å². The van der Waals surface area contributed by atoms with Gasteiger partial charge in [0.05, 0.1) is 0 Å². The van der Waals surface area contributed by atoms with Gasteiger partial charge in [-0.05, 0) is 29.8 Å². The first-order valence-electron chi connectivity index (χ1n) is 4.27. The van der Waals surface area contributed by atoms with Crippen LogP contribution in [-0.4, -0.2) is 8.42 Å². The molecule has 0 unspecified atom stereocenters. The van der Waals surface area contributed by atoms with Crippen LogP contribution in [0.2, 0.25) is 0 Å². The lowest BCUT2D eigenvalue weighted by Gasteiger charge is -1.96. The lowest BCUT2D eigenvalue weighted by molar-refractivity contribution is 0.611. The zero-order chi connectivity index (χ0) is 11.8.